The molecule has 0 aromatic carbocycles. The van der Waals surface area contributed by atoms with Gasteiger partial charge >= 0.3 is 0 Å². The third kappa shape index (κ3) is 4.03. The molecule has 0 bridgehead atoms. The van der Waals surface area contributed by atoms with Gasteiger partial charge in [0.1, 0.15) is 12.3 Å². The lowest BCUT2D eigenvalue weighted by atomic mass is 10.3. The van der Waals surface area contributed by atoms with Crippen LogP contribution in [0.25, 0.3) is 0 Å². The van der Waals surface area contributed by atoms with Gasteiger partial charge in [-0.1, -0.05) is 13.3 Å². The minimum Gasteiger partial charge on any atom is -0.476 e. The monoisotopic (exact) mass is 254 g/mol. The number of methoxy groups -OCH3 is 1. The third-order valence-corrected chi connectivity index (χ3v) is 2.31. The second-order valence-corrected chi connectivity index (χ2v) is 3.87. The highest BCUT2D eigenvalue weighted by atomic mass is 16.5. The number of ether oxygens (including phenoxy) is 2. The zero-order chi connectivity index (χ0) is 13.4. The van der Waals surface area contributed by atoms with E-state index in [9.17, 15) is 0 Å². The van der Waals surface area contributed by atoms with Crippen molar-refractivity contribution in [1.29, 1.82) is 0 Å². The first kappa shape index (κ1) is 14.5. The maximum Gasteiger partial charge on any atom is 0.242 e. The molecule has 1 heterocycles. The molecule has 6 heteroatoms. The molecule has 0 spiro atoms. The molecule has 0 atom stereocenters. The van der Waals surface area contributed by atoms with Crippen LogP contribution in [-0.2, 0) is 11.3 Å². The molecule has 0 saturated carbocycles. The number of nitrogens with two attached hydrogens (primary N) is 1. The van der Waals surface area contributed by atoms with Crippen LogP contribution >= 0.6 is 0 Å². The Balaban J connectivity index is 2.90. The molecule has 0 radical (unpaired) electrons. The molecular formula is C12H22N4O2. The SMILES string of the molecule is CCCCOc1nc(COC)nc(NCC)c1N. The van der Waals surface area contributed by atoms with E-state index in [-0.39, 0.29) is 0 Å². The summed E-state index contributed by atoms with van der Waals surface area (Å²) in [4.78, 5) is 8.54. The van der Waals surface area contributed by atoms with Gasteiger partial charge in [0.2, 0.25) is 5.88 Å². The van der Waals surface area contributed by atoms with Crippen molar-refractivity contribution in [2.75, 3.05) is 31.3 Å². The van der Waals surface area contributed by atoms with Gasteiger partial charge in [-0.15, -0.1) is 0 Å². The quantitative estimate of drug-likeness (QED) is 0.688. The van der Waals surface area contributed by atoms with Crippen LogP contribution in [0.3, 0.4) is 0 Å². The smallest absolute Gasteiger partial charge is 0.242 e. The summed E-state index contributed by atoms with van der Waals surface area (Å²) >= 11 is 0. The van der Waals surface area contributed by atoms with Crippen LogP contribution in [0.2, 0.25) is 0 Å². The molecule has 0 saturated heterocycles. The third-order valence-electron chi connectivity index (χ3n) is 2.31. The van der Waals surface area contributed by atoms with Crippen molar-refractivity contribution in [3.8, 4) is 5.88 Å². The summed E-state index contributed by atoms with van der Waals surface area (Å²) in [6.07, 6.45) is 2.04. The minimum absolute atomic E-state index is 0.336. The summed E-state index contributed by atoms with van der Waals surface area (Å²) < 4.78 is 10.6. The molecule has 0 aliphatic heterocycles. The van der Waals surface area contributed by atoms with E-state index in [1.165, 1.54) is 0 Å². The van der Waals surface area contributed by atoms with Gasteiger partial charge in [-0.05, 0) is 13.3 Å². The zero-order valence-electron chi connectivity index (χ0n) is 11.3. The first-order valence-corrected chi connectivity index (χ1v) is 6.24. The highest BCUT2D eigenvalue weighted by Gasteiger charge is 2.12. The summed E-state index contributed by atoms with van der Waals surface area (Å²) in [5, 5.41) is 3.09. The first-order chi connectivity index (χ1) is 8.72. The van der Waals surface area contributed by atoms with E-state index in [1.807, 2.05) is 6.92 Å². The van der Waals surface area contributed by atoms with Crippen LogP contribution in [0.1, 0.15) is 32.5 Å². The van der Waals surface area contributed by atoms with Crippen molar-refractivity contribution in [1.82, 2.24) is 9.97 Å². The van der Waals surface area contributed by atoms with Crippen molar-refractivity contribution in [2.45, 2.75) is 33.3 Å². The summed E-state index contributed by atoms with van der Waals surface area (Å²) in [7, 11) is 1.60. The van der Waals surface area contributed by atoms with E-state index in [0.29, 0.717) is 36.4 Å². The molecule has 0 amide bonds. The van der Waals surface area contributed by atoms with E-state index in [2.05, 4.69) is 22.2 Å². The summed E-state index contributed by atoms with van der Waals surface area (Å²) in [6.45, 7) is 5.77. The summed E-state index contributed by atoms with van der Waals surface area (Å²) in [6, 6.07) is 0. The Morgan fingerprint density at radius 2 is 2.06 bits per heavy atom. The molecular weight excluding hydrogens is 232 g/mol. The van der Waals surface area contributed by atoms with Crippen LogP contribution in [0.15, 0.2) is 0 Å². The zero-order valence-corrected chi connectivity index (χ0v) is 11.3. The summed E-state index contributed by atoms with van der Waals surface area (Å²) in [5.41, 5.74) is 6.42. The van der Waals surface area contributed by atoms with Crippen molar-refractivity contribution in [3.63, 3.8) is 0 Å². The van der Waals surface area contributed by atoms with E-state index in [1.54, 1.807) is 7.11 Å². The Bertz CT molecular complexity index is 371. The Morgan fingerprint density at radius 3 is 2.67 bits per heavy atom. The average Bonchev–Trinajstić information content (AvgIpc) is 2.35. The van der Waals surface area contributed by atoms with Gasteiger partial charge in [-0.25, -0.2) is 4.98 Å². The van der Waals surface area contributed by atoms with Gasteiger partial charge in [0.25, 0.3) is 0 Å². The Labute approximate surface area is 108 Å². The van der Waals surface area contributed by atoms with Gasteiger partial charge in [-0.3, -0.25) is 0 Å². The number of aromatic nitrogens is 2. The topological polar surface area (TPSA) is 82.3 Å². The minimum atomic E-state index is 0.336. The molecule has 0 unspecified atom stereocenters. The fourth-order valence-electron chi connectivity index (χ4n) is 1.41. The molecule has 1 rings (SSSR count). The standard InChI is InChI=1S/C12H22N4O2/c1-4-6-7-18-12-10(13)11(14-5-2)15-9(16-12)8-17-3/h4-8,13H2,1-3H3,(H,14,15,16). The predicted molar refractivity (Wildman–Crippen MR) is 71.7 cm³/mol. The molecule has 0 aliphatic rings. The highest BCUT2D eigenvalue weighted by molar-refractivity contribution is 5.66. The highest BCUT2D eigenvalue weighted by Crippen LogP contribution is 2.26. The van der Waals surface area contributed by atoms with Gasteiger partial charge < -0.3 is 20.5 Å². The van der Waals surface area contributed by atoms with E-state index in [4.69, 9.17) is 15.2 Å². The van der Waals surface area contributed by atoms with Crippen molar-refractivity contribution >= 4 is 11.5 Å². The van der Waals surface area contributed by atoms with E-state index in [0.717, 1.165) is 19.4 Å². The number of anilines is 2. The van der Waals surface area contributed by atoms with Crippen LogP contribution in [-0.4, -0.2) is 30.2 Å². The lowest BCUT2D eigenvalue weighted by Gasteiger charge is -2.13. The number of nitrogens with one attached hydrogen (secondary N) is 1. The van der Waals surface area contributed by atoms with Crippen LogP contribution in [0.5, 0.6) is 5.88 Å². The van der Waals surface area contributed by atoms with Crippen molar-refractivity contribution < 1.29 is 9.47 Å². The predicted octanol–water partition coefficient (Wildman–Crippen LogP) is 1.82. The molecule has 0 aliphatic carbocycles. The number of nitrogens with zero attached hydrogens (tertiary/aromatic N) is 2. The first-order valence-electron chi connectivity index (χ1n) is 6.24. The number of rotatable bonds is 8. The Kier molecular flexibility index (Phi) is 6.21. The van der Waals surface area contributed by atoms with Crippen molar-refractivity contribution in [2.24, 2.45) is 0 Å². The molecule has 102 valence electrons. The molecule has 1 aromatic rings. The van der Waals surface area contributed by atoms with Crippen LogP contribution in [0, 0.1) is 0 Å². The Morgan fingerprint density at radius 1 is 1.28 bits per heavy atom. The summed E-state index contributed by atoms with van der Waals surface area (Å²) in [5.74, 6) is 1.60. The van der Waals surface area contributed by atoms with E-state index < -0.39 is 0 Å². The average molecular weight is 254 g/mol. The maximum absolute atomic E-state index is 5.96. The van der Waals surface area contributed by atoms with Gasteiger partial charge in [-0.2, -0.15) is 4.98 Å². The van der Waals surface area contributed by atoms with Crippen molar-refractivity contribution in [3.05, 3.63) is 5.82 Å². The normalized spacial score (nSPS) is 10.4. The van der Waals surface area contributed by atoms with Crippen LogP contribution < -0.4 is 15.8 Å². The fourth-order valence-corrected chi connectivity index (χ4v) is 1.41. The van der Waals surface area contributed by atoms with Gasteiger partial charge in [0, 0.05) is 13.7 Å². The lowest BCUT2D eigenvalue weighted by molar-refractivity contribution is 0.176. The Hall–Kier alpha value is -1.56. The second kappa shape index (κ2) is 7.71. The fraction of sp³-hybridized carbons (Fsp3) is 0.667. The molecule has 1 aromatic heterocycles. The molecule has 3 N–H and O–H groups in total. The number of hydrogen-bond acceptors (Lipinski definition) is 6. The van der Waals surface area contributed by atoms with Gasteiger partial charge in [0.15, 0.2) is 11.6 Å². The molecule has 18 heavy (non-hydrogen) atoms. The van der Waals surface area contributed by atoms with Crippen LogP contribution in [0.4, 0.5) is 11.5 Å². The number of nitrogen functional groups attached to an aromatic ring is 1. The van der Waals surface area contributed by atoms with E-state index >= 15 is 0 Å². The maximum atomic E-state index is 5.96. The lowest BCUT2D eigenvalue weighted by Crippen LogP contribution is -2.11. The number of hydrogen-bond donors (Lipinski definition) is 2. The largest absolute Gasteiger partial charge is 0.476 e. The molecule has 6 nitrogen and oxygen atoms in total. The second-order valence-electron chi connectivity index (χ2n) is 3.87. The molecule has 0 fully saturated rings. The van der Waals surface area contributed by atoms with Gasteiger partial charge in [0.05, 0.1) is 6.61 Å². The number of unbranched alkanes of at least 4 members (excludes halogenated alkanes) is 1.